The fourth-order valence-electron chi connectivity index (χ4n) is 1.86. The third kappa shape index (κ3) is 3.02. The van der Waals surface area contributed by atoms with Crippen molar-refractivity contribution >= 4 is 40.5 Å². The van der Waals surface area contributed by atoms with E-state index in [1.165, 1.54) is 12.1 Å². The van der Waals surface area contributed by atoms with Crippen molar-refractivity contribution < 1.29 is 13.9 Å². The molecule has 0 saturated heterocycles. The van der Waals surface area contributed by atoms with Crippen molar-refractivity contribution in [3.8, 4) is 0 Å². The molecule has 0 N–H and O–H groups in total. The average Bonchev–Trinajstić information content (AvgIpc) is 2.83. The van der Waals surface area contributed by atoms with Gasteiger partial charge in [0, 0.05) is 14.7 Å². The largest absolute Gasteiger partial charge is 0.402 e. The fourth-order valence-corrected chi connectivity index (χ4v) is 2.22. The Bertz CT molecular complexity index is 766. The summed E-state index contributed by atoms with van der Waals surface area (Å²) in [5.41, 5.74) is 1.10. The van der Waals surface area contributed by atoms with Gasteiger partial charge < -0.3 is 4.74 Å². The third-order valence-electron chi connectivity index (χ3n) is 2.91. The van der Waals surface area contributed by atoms with Gasteiger partial charge in [0.15, 0.2) is 5.70 Å². The van der Waals surface area contributed by atoms with Gasteiger partial charge in [0.2, 0.25) is 5.90 Å². The second kappa shape index (κ2) is 5.77. The van der Waals surface area contributed by atoms with Crippen LogP contribution in [-0.4, -0.2) is 11.9 Å². The highest BCUT2D eigenvalue weighted by Crippen LogP contribution is 2.20. The van der Waals surface area contributed by atoms with Crippen LogP contribution in [0.5, 0.6) is 0 Å². The van der Waals surface area contributed by atoms with Crippen molar-refractivity contribution in [2.75, 3.05) is 0 Å². The monoisotopic (exact) mass is 393 g/mol. The van der Waals surface area contributed by atoms with Gasteiger partial charge in [-0.15, -0.1) is 0 Å². The fraction of sp³-hybridized carbons (Fsp3) is 0. The molecule has 5 heteroatoms. The van der Waals surface area contributed by atoms with E-state index in [9.17, 15) is 9.18 Å². The molecule has 21 heavy (non-hydrogen) atoms. The molecule has 3 rings (SSSR count). The van der Waals surface area contributed by atoms with Crippen molar-refractivity contribution in [1.82, 2.24) is 0 Å². The van der Waals surface area contributed by atoms with Crippen LogP contribution in [0.4, 0.5) is 4.39 Å². The number of cyclic esters (lactones) is 1. The first kappa shape index (κ1) is 13.9. The maximum Gasteiger partial charge on any atom is 0.363 e. The number of carbonyl (C=O) groups is 1. The zero-order valence-electron chi connectivity index (χ0n) is 10.7. The number of ether oxygens (including phenoxy) is 1. The van der Waals surface area contributed by atoms with E-state index >= 15 is 0 Å². The molecule has 3 nitrogen and oxygen atoms in total. The summed E-state index contributed by atoms with van der Waals surface area (Å²) in [5, 5.41) is 0. The van der Waals surface area contributed by atoms with Crippen LogP contribution >= 0.6 is 22.6 Å². The number of aliphatic imine (C=N–C) groups is 1. The van der Waals surface area contributed by atoms with E-state index in [0.717, 1.165) is 3.57 Å². The summed E-state index contributed by atoms with van der Waals surface area (Å²) in [6, 6.07) is 13.6. The van der Waals surface area contributed by atoms with Crippen LogP contribution in [0.15, 0.2) is 59.2 Å². The summed E-state index contributed by atoms with van der Waals surface area (Å²) in [7, 11) is 0. The Morgan fingerprint density at radius 3 is 2.52 bits per heavy atom. The van der Waals surface area contributed by atoms with E-state index in [0.29, 0.717) is 11.1 Å². The van der Waals surface area contributed by atoms with E-state index in [2.05, 4.69) is 27.6 Å². The van der Waals surface area contributed by atoms with Crippen LogP contribution in [0.25, 0.3) is 6.08 Å². The number of hydrogen-bond donors (Lipinski definition) is 0. The lowest BCUT2D eigenvalue weighted by atomic mass is 10.2. The van der Waals surface area contributed by atoms with Crippen molar-refractivity contribution in [2.24, 2.45) is 4.99 Å². The number of halogens is 2. The molecule has 0 bridgehead atoms. The van der Waals surface area contributed by atoms with Gasteiger partial charge in [-0.25, -0.2) is 14.2 Å². The van der Waals surface area contributed by atoms with Crippen molar-refractivity contribution in [2.45, 2.75) is 0 Å². The van der Waals surface area contributed by atoms with E-state index in [1.54, 1.807) is 18.2 Å². The molecule has 0 unspecified atom stereocenters. The Labute approximate surface area is 134 Å². The maximum absolute atomic E-state index is 13.6. The number of esters is 1. The van der Waals surface area contributed by atoms with Gasteiger partial charge in [-0.3, -0.25) is 0 Å². The van der Waals surface area contributed by atoms with Gasteiger partial charge in [0.25, 0.3) is 0 Å². The lowest BCUT2D eigenvalue weighted by molar-refractivity contribution is -0.129. The molecule has 0 atom stereocenters. The molecular weight excluding hydrogens is 384 g/mol. The molecule has 0 aromatic heterocycles. The minimum absolute atomic E-state index is 0.0913. The lowest BCUT2D eigenvalue weighted by Crippen LogP contribution is -2.05. The molecule has 1 aliphatic rings. The summed E-state index contributed by atoms with van der Waals surface area (Å²) < 4.78 is 19.8. The first-order valence-electron chi connectivity index (χ1n) is 6.16. The number of nitrogens with zero attached hydrogens (tertiary/aromatic N) is 1. The number of carbonyl (C=O) groups excluding carboxylic acids is 1. The highest BCUT2D eigenvalue weighted by Gasteiger charge is 2.24. The molecule has 0 fully saturated rings. The van der Waals surface area contributed by atoms with Gasteiger partial charge >= 0.3 is 5.97 Å². The molecule has 0 radical (unpaired) electrons. The Kier molecular flexibility index (Phi) is 3.83. The second-order valence-electron chi connectivity index (χ2n) is 4.36. The van der Waals surface area contributed by atoms with Crippen LogP contribution in [0.1, 0.15) is 11.1 Å². The predicted molar refractivity (Wildman–Crippen MR) is 86.2 cm³/mol. The highest BCUT2D eigenvalue weighted by atomic mass is 127. The summed E-state index contributed by atoms with van der Waals surface area (Å²) in [4.78, 5) is 16.0. The van der Waals surface area contributed by atoms with Crippen LogP contribution in [0.3, 0.4) is 0 Å². The van der Waals surface area contributed by atoms with Crippen LogP contribution in [0, 0.1) is 9.39 Å². The smallest absolute Gasteiger partial charge is 0.363 e. The van der Waals surface area contributed by atoms with Crippen molar-refractivity contribution in [3.05, 3.63) is 74.7 Å². The van der Waals surface area contributed by atoms with Crippen LogP contribution in [0.2, 0.25) is 0 Å². The average molecular weight is 393 g/mol. The molecule has 0 saturated carbocycles. The molecule has 1 heterocycles. The quantitative estimate of drug-likeness (QED) is 0.443. The SMILES string of the molecule is O=C1OC(c2ccc(I)cc2)=N/C1=C\c1ccccc1F. The Morgan fingerprint density at radius 1 is 1.10 bits per heavy atom. The van der Waals surface area contributed by atoms with Gasteiger partial charge in [-0.1, -0.05) is 18.2 Å². The Hall–Kier alpha value is -2.02. The minimum Gasteiger partial charge on any atom is -0.402 e. The molecule has 2 aromatic rings. The third-order valence-corrected chi connectivity index (χ3v) is 3.63. The van der Waals surface area contributed by atoms with Crippen molar-refractivity contribution in [3.63, 3.8) is 0 Å². The van der Waals surface area contributed by atoms with Gasteiger partial charge in [0.05, 0.1) is 0 Å². The van der Waals surface area contributed by atoms with E-state index in [1.807, 2.05) is 24.3 Å². The standard InChI is InChI=1S/C16H9FINO2/c17-13-4-2-1-3-11(13)9-14-16(20)21-15(19-14)10-5-7-12(18)8-6-10/h1-9H/b14-9-. The maximum atomic E-state index is 13.6. The molecule has 2 aromatic carbocycles. The summed E-state index contributed by atoms with van der Waals surface area (Å²) >= 11 is 2.19. The number of benzene rings is 2. The second-order valence-corrected chi connectivity index (χ2v) is 5.61. The first-order chi connectivity index (χ1) is 10.1. The first-order valence-corrected chi connectivity index (χ1v) is 7.24. The molecular formula is C16H9FINO2. The predicted octanol–water partition coefficient (Wildman–Crippen LogP) is 3.77. The molecule has 104 valence electrons. The molecule has 0 spiro atoms. The summed E-state index contributed by atoms with van der Waals surface area (Å²) in [5.74, 6) is -0.749. The van der Waals surface area contributed by atoms with Gasteiger partial charge in [-0.2, -0.15) is 0 Å². The van der Waals surface area contributed by atoms with Crippen LogP contribution in [-0.2, 0) is 9.53 Å². The number of rotatable bonds is 2. The zero-order chi connectivity index (χ0) is 14.8. The molecule has 0 aliphatic carbocycles. The zero-order valence-corrected chi connectivity index (χ0v) is 12.9. The lowest BCUT2D eigenvalue weighted by Gasteiger charge is -1.98. The Balaban J connectivity index is 1.96. The van der Waals surface area contributed by atoms with Gasteiger partial charge in [0.1, 0.15) is 5.82 Å². The highest BCUT2D eigenvalue weighted by molar-refractivity contribution is 14.1. The molecule has 1 aliphatic heterocycles. The van der Waals surface area contributed by atoms with E-state index in [4.69, 9.17) is 4.74 Å². The van der Waals surface area contributed by atoms with Crippen LogP contribution < -0.4 is 0 Å². The normalized spacial score (nSPS) is 16.0. The summed E-state index contributed by atoms with van der Waals surface area (Å²) in [6.07, 6.45) is 1.39. The van der Waals surface area contributed by atoms with Crippen molar-refractivity contribution in [1.29, 1.82) is 0 Å². The van der Waals surface area contributed by atoms with E-state index in [-0.39, 0.29) is 11.6 Å². The minimum atomic E-state index is -0.577. The number of hydrogen-bond acceptors (Lipinski definition) is 3. The summed E-state index contributed by atoms with van der Waals surface area (Å²) in [6.45, 7) is 0. The van der Waals surface area contributed by atoms with E-state index < -0.39 is 11.8 Å². The molecule has 0 amide bonds. The Morgan fingerprint density at radius 2 is 1.81 bits per heavy atom. The topological polar surface area (TPSA) is 38.7 Å². The van der Waals surface area contributed by atoms with Gasteiger partial charge in [-0.05, 0) is 59.0 Å².